The standard InChI is InChI=1S/C31H49N3O5/c1-7-9-10-12-15-22(6)25-19-26(35)33-27(20(3)4)30(37)32-24(18-23-16-13-11-14-17-23)29(36)34-28(21(5)8-2)31(38)39-25/h11,13-14,16-17,20-22,24-25,27-28H,7-10,12,15,18-19H2,1-6H3,(H,32,37)(H,33,35)(H,34,36). The molecule has 39 heavy (non-hydrogen) atoms. The average Bonchev–Trinajstić information content (AvgIpc) is 2.91. The van der Waals surface area contributed by atoms with E-state index in [9.17, 15) is 19.2 Å². The van der Waals surface area contributed by atoms with Gasteiger partial charge >= 0.3 is 5.97 Å². The van der Waals surface area contributed by atoms with E-state index < -0.39 is 42.0 Å². The minimum absolute atomic E-state index is 0.0359. The highest BCUT2D eigenvalue weighted by atomic mass is 16.5. The van der Waals surface area contributed by atoms with Gasteiger partial charge in [0.05, 0.1) is 6.42 Å². The molecule has 0 saturated carbocycles. The second kappa shape index (κ2) is 16.3. The van der Waals surface area contributed by atoms with Gasteiger partial charge in [-0.25, -0.2) is 4.79 Å². The molecule has 0 bridgehead atoms. The number of carbonyl (C=O) groups excluding carboxylic acids is 4. The second-order valence-corrected chi connectivity index (χ2v) is 11.4. The number of hydrogen-bond acceptors (Lipinski definition) is 5. The molecule has 1 heterocycles. The van der Waals surface area contributed by atoms with Crippen LogP contribution in [0, 0.1) is 17.8 Å². The van der Waals surface area contributed by atoms with Crippen molar-refractivity contribution in [2.24, 2.45) is 17.8 Å². The Kier molecular flexibility index (Phi) is 13.5. The third-order valence-corrected chi connectivity index (χ3v) is 7.75. The van der Waals surface area contributed by atoms with Crippen LogP contribution >= 0.6 is 0 Å². The monoisotopic (exact) mass is 543 g/mol. The Balaban J connectivity index is 2.41. The first-order valence-corrected chi connectivity index (χ1v) is 14.7. The topological polar surface area (TPSA) is 114 Å². The zero-order valence-corrected chi connectivity index (χ0v) is 24.6. The molecule has 3 N–H and O–H groups in total. The third-order valence-electron chi connectivity index (χ3n) is 7.75. The lowest BCUT2D eigenvalue weighted by Gasteiger charge is -2.29. The molecule has 8 nitrogen and oxygen atoms in total. The molecule has 0 radical (unpaired) electrons. The van der Waals surface area contributed by atoms with Crippen LogP contribution in [0.25, 0.3) is 0 Å². The molecule has 0 aliphatic carbocycles. The van der Waals surface area contributed by atoms with E-state index in [1.54, 1.807) is 0 Å². The van der Waals surface area contributed by atoms with Crippen LogP contribution in [0.3, 0.4) is 0 Å². The number of rotatable bonds is 11. The highest BCUT2D eigenvalue weighted by Gasteiger charge is 2.36. The Morgan fingerprint density at radius 2 is 1.51 bits per heavy atom. The van der Waals surface area contributed by atoms with Crippen LogP contribution < -0.4 is 16.0 Å². The number of esters is 1. The second-order valence-electron chi connectivity index (χ2n) is 11.4. The molecule has 1 fully saturated rings. The van der Waals surface area contributed by atoms with Gasteiger partial charge in [0.2, 0.25) is 17.7 Å². The molecule has 6 unspecified atom stereocenters. The molecular formula is C31H49N3O5. The highest BCUT2D eigenvalue weighted by Crippen LogP contribution is 2.22. The Morgan fingerprint density at radius 3 is 2.13 bits per heavy atom. The van der Waals surface area contributed by atoms with Crippen molar-refractivity contribution in [3.8, 4) is 0 Å². The van der Waals surface area contributed by atoms with Gasteiger partial charge in [-0.05, 0) is 29.7 Å². The number of hydrogen-bond donors (Lipinski definition) is 3. The van der Waals surface area contributed by atoms with Gasteiger partial charge in [0, 0.05) is 6.42 Å². The summed E-state index contributed by atoms with van der Waals surface area (Å²) in [6.07, 6.45) is 5.33. The van der Waals surface area contributed by atoms with E-state index in [1.807, 2.05) is 65.0 Å². The van der Waals surface area contributed by atoms with Gasteiger partial charge in [-0.1, -0.05) is 104 Å². The molecule has 2 rings (SSSR count). The smallest absolute Gasteiger partial charge is 0.329 e. The number of benzene rings is 1. The van der Waals surface area contributed by atoms with Crippen LogP contribution in [0.4, 0.5) is 0 Å². The average molecular weight is 544 g/mol. The zero-order valence-electron chi connectivity index (χ0n) is 24.6. The quantitative estimate of drug-likeness (QED) is 0.284. The van der Waals surface area contributed by atoms with Crippen LogP contribution in [-0.2, 0) is 30.3 Å². The molecular weight excluding hydrogens is 494 g/mol. The normalized spacial score (nSPS) is 24.8. The largest absolute Gasteiger partial charge is 0.460 e. The van der Waals surface area contributed by atoms with Crippen LogP contribution in [0.15, 0.2) is 30.3 Å². The Labute approximate surface area is 234 Å². The summed E-state index contributed by atoms with van der Waals surface area (Å²) in [4.78, 5) is 53.7. The Hall–Kier alpha value is -2.90. The zero-order chi connectivity index (χ0) is 28.9. The molecule has 1 aromatic rings. The fraction of sp³-hybridized carbons (Fsp3) is 0.677. The third kappa shape index (κ3) is 10.3. The van der Waals surface area contributed by atoms with Gasteiger partial charge in [-0.15, -0.1) is 0 Å². The Bertz CT molecular complexity index is 935. The van der Waals surface area contributed by atoms with Gasteiger partial charge in [-0.2, -0.15) is 0 Å². The van der Waals surface area contributed by atoms with E-state index in [-0.39, 0.29) is 36.5 Å². The van der Waals surface area contributed by atoms with Crippen molar-refractivity contribution in [3.05, 3.63) is 35.9 Å². The number of unbranched alkanes of at least 4 members (excludes halogenated alkanes) is 3. The first-order valence-electron chi connectivity index (χ1n) is 14.7. The maximum absolute atomic E-state index is 13.6. The number of amides is 3. The summed E-state index contributed by atoms with van der Waals surface area (Å²) in [7, 11) is 0. The summed E-state index contributed by atoms with van der Waals surface area (Å²) >= 11 is 0. The van der Waals surface area contributed by atoms with Crippen LogP contribution in [0.5, 0.6) is 0 Å². The van der Waals surface area contributed by atoms with Gasteiger partial charge in [-0.3, -0.25) is 14.4 Å². The molecule has 1 aromatic carbocycles. The molecule has 6 atom stereocenters. The van der Waals surface area contributed by atoms with Crippen molar-refractivity contribution in [1.82, 2.24) is 16.0 Å². The van der Waals surface area contributed by atoms with Gasteiger partial charge < -0.3 is 20.7 Å². The summed E-state index contributed by atoms with van der Waals surface area (Å²) in [5.41, 5.74) is 0.868. The lowest BCUT2D eigenvalue weighted by molar-refractivity contribution is -0.158. The molecule has 1 saturated heterocycles. The van der Waals surface area contributed by atoms with Crippen molar-refractivity contribution >= 4 is 23.7 Å². The minimum atomic E-state index is -0.925. The molecule has 0 spiro atoms. The summed E-state index contributed by atoms with van der Waals surface area (Å²) in [5, 5.41) is 8.59. The molecule has 218 valence electrons. The molecule has 1 aliphatic rings. The fourth-order valence-corrected chi connectivity index (χ4v) is 4.85. The summed E-state index contributed by atoms with van der Waals surface area (Å²) in [5.74, 6) is -2.22. The fourth-order valence-electron chi connectivity index (χ4n) is 4.85. The van der Waals surface area contributed by atoms with Gasteiger partial charge in [0.1, 0.15) is 24.2 Å². The first kappa shape index (κ1) is 32.3. The predicted molar refractivity (Wildman–Crippen MR) is 153 cm³/mol. The molecule has 1 aliphatic heterocycles. The number of cyclic esters (lactones) is 1. The first-order chi connectivity index (χ1) is 18.6. The van der Waals surface area contributed by atoms with Gasteiger partial charge in [0.15, 0.2) is 0 Å². The number of carbonyl (C=O) groups is 4. The maximum Gasteiger partial charge on any atom is 0.329 e. The number of nitrogens with one attached hydrogen (secondary N) is 3. The molecule has 3 amide bonds. The maximum atomic E-state index is 13.6. The van der Waals surface area contributed by atoms with E-state index in [2.05, 4.69) is 22.9 Å². The van der Waals surface area contributed by atoms with Crippen LogP contribution in [0.1, 0.15) is 92.1 Å². The lowest BCUT2D eigenvalue weighted by atomic mass is 9.93. The summed E-state index contributed by atoms with van der Waals surface area (Å²) in [6.45, 7) is 11.7. The Morgan fingerprint density at radius 1 is 0.821 bits per heavy atom. The lowest BCUT2D eigenvalue weighted by Crippen LogP contribution is -2.58. The van der Waals surface area contributed by atoms with Crippen molar-refractivity contribution in [1.29, 1.82) is 0 Å². The summed E-state index contributed by atoms with van der Waals surface area (Å²) < 4.78 is 5.99. The van der Waals surface area contributed by atoms with E-state index in [1.165, 1.54) is 0 Å². The number of ether oxygens (including phenoxy) is 1. The van der Waals surface area contributed by atoms with E-state index >= 15 is 0 Å². The summed E-state index contributed by atoms with van der Waals surface area (Å²) in [6, 6.07) is 6.75. The highest BCUT2D eigenvalue weighted by molar-refractivity contribution is 5.94. The molecule has 8 heteroatoms. The van der Waals surface area contributed by atoms with E-state index in [0.29, 0.717) is 6.42 Å². The van der Waals surface area contributed by atoms with E-state index in [4.69, 9.17) is 4.74 Å². The minimum Gasteiger partial charge on any atom is -0.460 e. The van der Waals surface area contributed by atoms with Crippen LogP contribution in [0.2, 0.25) is 0 Å². The van der Waals surface area contributed by atoms with Crippen molar-refractivity contribution < 1.29 is 23.9 Å². The van der Waals surface area contributed by atoms with Gasteiger partial charge in [0.25, 0.3) is 0 Å². The predicted octanol–water partition coefficient (Wildman–Crippen LogP) is 4.31. The van der Waals surface area contributed by atoms with E-state index in [0.717, 1.165) is 37.7 Å². The van der Waals surface area contributed by atoms with Crippen molar-refractivity contribution in [2.45, 2.75) is 117 Å². The molecule has 0 aromatic heterocycles. The van der Waals surface area contributed by atoms with Crippen LogP contribution in [-0.4, -0.2) is 47.9 Å². The van der Waals surface area contributed by atoms with Crippen molar-refractivity contribution in [2.75, 3.05) is 0 Å². The van der Waals surface area contributed by atoms with Crippen molar-refractivity contribution in [3.63, 3.8) is 0 Å². The SMILES string of the molecule is CCCCCCC(C)C1CC(=O)NC(C(C)C)C(=O)NC(Cc2ccccc2)C(=O)NC(C(C)CC)C(=O)O1.